The highest BCUT2D eigenvalue weighted by Crippen LogP contribution is 2.27. The minimum Gasteiger partial charge on any atom is -0.497 e. The molecule has 0 aliphatic carbocycles. The maximum absolute atomic E-state index is 11.2. The van der Waals surface area contributed by atoms with Gasteiger partial charge in [0.15, 0.2) is 0 Å². The van der Waals surface area contributed by atoms with Crippen LogP contribution in [0.4, 0.5) is 0 Å². The number of nitrogens with one attached hydrogen (secondary N) is 1. The summed E-state index contributed by atoms with van der Waals surface area (Å²) < 4.78 is 10.9. The molecule has 2 aromatic heterocycles. The summed E-state index contributed by atoms with van der Waals surface area (Å²) >= 11 is 0. The van der Waals surface area contributed by atoms with Crippen molar-refractivity contribution in [1.82, 2.24) is 15.0 Å². The normalized spacial score (nSPS) is 11.2. The number of carboxylic acids is 1. The summed E-state index contributed by atoms with van der Waals surface area (Å²) in [6.45, 7) is 3.36. The highest BCUT2D eigenvalue weighted by Gasteiger charge is 2.28. The number of aromatic amines is 1. The van der Waals surface area contributed by atoms with Gasteiger partial charge in [0, 0.05) is 22.9 Å². The molecule has 7 nitrogen and oxygen atoms in total. The largest absolute Gasteiger partial charge is 0.497 e. The Balaban J connectivity index is 1.45. The van der Waals surface area contributed by atoms with Crippen LogP contribution in [-0.4, -0.2) is 39.7 Å². The zero-order valence-electron chi connectivity index (χ0n) is 18.7. The Bertz CT molecular complexity index is 1250. The Hall–Kier alpha value is -4.13. The molecule has 0 saturated heterocycles. The molecule has 7 heteroatoms. The van der Waals surface area contributed by atoms with Crippen molar-refractivity contribution in [3.05, 3.63) is 73.1 Å². The van der Waals surface area contributed by atoms with Crippen molar-refractivity contribution in [3.8, 4) is 45.4 Å². The lowest BCUT2D eigenvalue weighted by Gasteiger charge is -2.19. The van der Waals surface area contributed by atoms with E-state index in [1.54, 1.807) is 33.4 Å². The van der Waals surface area contributed by atoms with Gasteiger partial charge in [0.2, 0.25) is 0 Å². The van der Waals surface area contributed by atoms with Crippen LogP contribution in [0.3, 0.4) is 0 Å². The first-order valence-corrected chi connectivity index (χ1v) is 10.5. The van der Waals surface area contributed by atoms with Crippen molar-refractivity contribution in [3.63, 3.8) is 0 Å². The lowest BCUT2D eigenvalue weighted by atomic mass is 9.95. The molecule has 2 aromatic carbocycles. The average molecular weight is 444 g/mol. The Morgan fingerprint density at radius 3 is 2.36 bits per heavy atom. The number of ether oxygens (including phenoxy) is 2. The van der Waals surface area contributed by atoms with Gasteiger partial charge in [-0.3, -0.25) is 9.78 Å². The molecule has 0 atom stereocenters. The summed E-state index contributed by atoms with van der Waals surface area (Å²) in [7, 11) is 1.64. The zero-order chi connectivity index (χ0) is 23.4. The Morgan fingerprint density at radius 2 is 1.70 bits per heavy atom. The van der Waals surface area contributed by atoms with E-state index in [-0.39, 0.29) is 6.61 Å². The lowest BCUT2D eigenvalue weighted by molar-refractivity contribution is -0.148. The fourth-order valence-electron chi connectivity index (χ4n) is 3.16. The van der Waals surface area contributed by atoms with Gasteiger partial charge >= 0.3 is 5.97 Å². The Kier molecular flexibility index (Phi) is 6.13. The smallest absolute Gasteiger partial charge is 0.312 e. The van der Waals surface area contributed by atoms with Crippen LogP contribution in [0.2, 0.25) is 0 Å². The van der Waals surface area contributed by atoms with E-state index in [4.69, 9.17) is 9.47 Å². The van der Waals surface area contributed by atoms with E-state index in [0.29, 0.717) is 5.75 Å². The number of imidazole rings is 1. The molecule has 0 radical (unpaired) electrons. The number of hydrogen-bond donors (Lipinski definition) is 2. The highest BCUT2D eigenvalue weighted by molar-refractivity contribution is 5.73. The number of methoxy groups -OCH3 is 1. The third-order valence-electron chi connectivity index (χ3n) is 5.32. The molecular formula is C26H25N3O4. The van der Waals surface area contributed by atoms with E-state index in [0.717, 1.165) is 39.7 Å². The predicted octanol–water partition coefficient (Wildman–Crippen LogP) is 5.30. The van der Waals surface area contributed by atoms with Gasteiger partial charge in [-0.1, -0.05) is 12.1 Å². The van der Waals surface area contributed by atoms with Gasteiger partial charge in [0.1, 0.15) is 23.9 Å². The topological polar surface area (TPSA) is 97.3 Å². The summed E-state index contributed by atoms with van der Waals surface area (Å²) in [5, 5.41) is 9.20. The quantitative estimate of drug-likeness (QED) is 0.383. The number of benzene rings is 2. The Morgan fingerprint density at radius 1 is 0.939 bits per heavy atom. The molecule has 4 aromatic rings. The van der Waals surface area contributed by atoms with E-state index in [2.05, 4.69) is 15.0 Å². The summed E-state index contributed by atoms with van der Waals surface area (Å²) in [4.78, 5) is 23.6. The maximum atomic E-state index is 11.2. The first kappa shape index (κ1) is 22.1. The van der Waals surface area contributed by atoms with Gasteiger partial charge in [-0.2, -0.15) is 0 Å². The van der Waals surface area contributed by atoms with E-state index in [9.17, 15) is 9.90 Å². The van der Waals surface area contributed by atoms with Crippen molar-refractivity contribution >= 4 is 5.97 Å². The summed E-state index contributed by atoms with van der Waals surface area (Å²) in [5.41, 5.74) is 3.57. The van der Waals surface area contributed by atoms with Crippen molar-refractivity contribution in [2.45, 2.75) is 13.8 Å². The van der Waals surface area contributed by atoms with Crippen molar-refractivity contribution in [1.29, 1.82) is 0 Å². The van der Waals surface area contributed by atoms with Crippen molar-refractivity contribution < 1.29 is 19.4 Å². The van der Waals surface area contributed by atoms with Gasteiger partial charge in [-0.05, 0) is 62.4 Å². The molecule has 33 heavy (non-hydrogen) atoms. The Labute approximate surface area is 192 Å². The zero-order valence-corrected chi connectivity index (χ0v) is 18.7. The molecule has 2 heterocycles. The van der Waals surface area contributed by atoms with E-state index < -0.39 is 11.4 Å². The third-order valence-corrected chi connectivity index (χ3v) is 5.32. The summed E-state index contributed by atoms with van der Waals surface area (Å²) in [6, 6.07) is 19.1. The summed E-state index contributed by atoms with van der Waals surface area (Å²) in [5.74, 6) is 1.24. The number of hydrogen-bond acceptors (Lipinski definition) is 5. The fourth-order valence-corrected chi connectivity index (χ4v) is 3.16. The average Bonchev–Trinajstić information content (AvgIpc) is 3.34. The molecule has 0 aliphatic rings. The van der Waals surface area contributed by atoms with Crippen LogP contribution >= 0.6 is 0 Å². The van der Waals surface area contributed by atoms with Gasteiger partial charge < -0.3 is 19.6 Å². The number of nitrogens with zero attached hydrogens (tertiary/aromatic N) is 2. The number of aliphatic carboxylic acids is 1. The lowest BCUT2D eigenvalue weighted by Crippen LogP contribution is -2.30. The summed E-state index contributed by atoms with van der Waals surface area (Å²) in [6.07, 6.45) is 3.58. The monoisotopic (exact) mass is 443 g/mol. The molecule has 0 spiro atoms. The number of carboxylic acid groups (broad SMARTS) is 1. The number of rotatable bonds is 8. The van der Waals surface area contributed by atoms with E-state index in [1.165, 1.54) is 0 Å². The van der Waals surface area contributed by atoms with Crippen LogP contribution in [0.25, 0.3) is 33.9 Å². The third kappa shape index (κ3) is 5.03. The van der Waals surface area contributed by atoms with Crippen LogP contribution in [-0.2, 0) is 4.79 Å². The van der Waals surface area contributed by atoms with Gasteiger partial charge in [-0.25, -0.2) is 4.98 Å². The predicted molar refractivity (Wildman–Crippen MR) is 126 cm³/mol. The highest BCUT2D eigenvalue weighted by atomic mass is 16.5. The first-order chi connectivity index (χ1) is 15.9. The molecule has 0 amide bonds. The molecule has 2 N–H and O–H groups in total. The molecule has 0 aliphatic heterocycles. The number of carbonyl (C=O) groups is 1. The molecule has 0 bridgehead atoms. The van der Waals surface area contributed by atoms with Gasteiger partial charge in [0.05, 0.1) is 30.1 Å². The molecule has 168 valence electrons. The van der Waals surface area contributed by atoms with E-state index >= 15 is 0 Å². The molecule has 4 rings (SSSR count). The first-order valence-electron chi connectivity index (χ1n) is 10.5. The number of aromatic nitrogens is 3. The van der Waals surface area contributed by atoms with Crippen molar-refractivity contribution in [2.24, 2.45) is 5.41 Å². The number of pyridine rings is 1. The minimum absolute atomic E-state index is 0.0928. The molecule has 0 fully saturated rings. The van der Waals surface area contributed by atoms with E-state index in [1.807, 2.05) is 60.7 Å². The SMILES string of the molecule is COc1cccc(-c2cnc(-c3ccc(-c4ccc(OCC(C)(C)C(=O)O)cc4)nc3)[nH]2)c1. The van der Waals surface area contributed by atoms with Crippen molar-refractivity contribution in [2.75, 3.05) is 13.7 Å². The second-order valence-electron chi connectivity index (χ2n) is 8.31. The van der Waals surface area contributed by atoms with Crippen LogP contribution in [0.1, 0.15) is 13.8 Å². The van der Waals surface area contributed by atoms with Crippen LogP contribution in [0.15, 0.2) is 73.1 Å². The van der Waals surface area contributed by atoms with Gasteiger partial charge in [-0.15, -0.1) is 0 Å². The molecule has 0 unspecified atom stereocenters. The maximum Gasteiger partial charge on any atom is 0.312 e. The van der Waals surface area contributed by atoms with Crippen LogP contribution < -0.4 is 9.47 Å². The standard InChI is InChI=1S/C26H25N3O4/c1-26(2,25(30)31)16-33-20-10-7-17(8-11-20)22-12-9-19(14-27-22)24-28-15-23(29-24)18-5-4-6-21(13-18)32-3/h4-15H,16H2,1-3H3,(H,28,29)(H,30,31). The molecule has 0 saturated carbocycles. The number of H-pyrrole nitrogens is 1. The minimum atomic E-state index is -0.950. The fraction of sp³-hybridized carbons (Fsp3) is 0.192. The second kappa shape index (κ2) is 9.16. The van der Waals surface area contributed by atoms with Crippen LogP contribution in [0.5, 0.6) is 11.5 Å². The van der Waals surface area contributed by atoms with Crippen LogP contribution in [0, 0.1) is 5.41 Å². The molecular weight excluding hydrogens is 418 g/mol. The second-order valence-corrected chi connectivity index (χ2v) is 8.31. The van der Waals surface area contributed by atoms with Gasteiger partial charge in [0.25, 0.3) is 0 Å².